The Bertz CT molecular complexity index is 1070. The number of nitrogens with zero attached hydrogens (tertiary/aromatic N) is 3. The van der Waals surface area contributed by atoms with Crippen LogP contribution in [0.5, 0.6) is 0 Å². The van der Waals surface area contributed by atoms with Crippen molar-refractivity contribution in [3.05, 3.63) is 70.5 Å². The predicted molar refractivity (Wildman–Crippen MR) is 120 cm³/mol. The highest BCUT2D eigenvalue weighted by molar-refractivity contribution is 7.99. The molecule has 0 bridgehead atoms. The average molecular weight is 483 g/mol. The Kier molecular flexibility index (Phi) is 7.84. The van der Waals surface area contributed by atoms with Crippen molar-refractivity contribution < 1.29 is 18.0 Å². The molecule has 0 aliphatic heterocycles. The number of amides is 1. The summed E-state index contributed by atoms with van der Waals surface area (Å²) in [5.41, 5.74) is 0.131. The number of carbonyl (C=O) groups is 1. The average Bonchev–Trinajstić information content (AvgIpc) is 3.08. The number of benzene rings is 2. The van der Waals surface area contributed by atoms with Crippen LogP contribution >= 0.6 is 23.4 Å². The van der Waals surface area contributed by atoms with Gasteiger partial charge in [-0.1, -0.05) is 67.5 Å². The number of nitrogens with one attached hydrogen (secondary N) is 1. The van der Waals surface area contributed by atoms with Gasteiger partial charge in [-0.25, -0.2) is 0 Å². The van der Waals surface area contributed by atoms with Crippen LogP contribution in [0.3, 0.4) is 0 Å². The van der Waals surface area contributed by atoms with Crippen LogP contribution in [0.4, 0.5) is 18.9 Å². The van der Waals surface area contributed by atoms with E-state index in [9.17, 15) is 18.0 Å². The van der Waals surface area contributed by atoms with Crippen molar-refractivity contribution in [3.8, 4) is 0 Å². The molecule has 0 saturated heterocycles. The highest BCUT2D eigenvalue weighted by atomic mass is 35.5. The Hall–Kier alpha value is -2.52. The first-order chi connectivity index (χ1) is 15.1. The van der Waals surface area contributed by atoms with Crippen molar-refractivity contribution in [2.45, 2.75) is 38.1 Å². The fourth-order valence-electron chi connectivity index (χ4n) is 3.00. The normalized spacial score (nSPS) is 11.7. The van der Waals surface area contributed by atoms with Gasteiger partial charge in [0.05, 0.1) is 22.0 Å². The Morgan fingerprint density at radius 1 is 1.16 bits per heavy atom. The lowest BCUT2D eigenvalue weighted by molar-refractivity contribution is -0.137. The van der Waals surface area contributed by atoms with E-state index in [0.717, 1.165) is 29.6 Å². The molecular weight excluding hydrogens is 461 g/mol. The van der Waals surface area contributed by atoms with Crippen molar-refractivity contribution in [2.75, 3.05) is 11.1 Å². The molecule has 1 N–H and O–H groups in total. The predicted octanol–water partition coefficient (Wildman–Crippen LogP) is 5.93. The van der Waals surface area contributed by atoms with E-state index < -0.39 is 17.6 Å². The molecule has 10 heteroatoms. The Morgan fingerprint density at radius 2 is 1.88 bits per heavy atom. The van der Waals surface area contributed by atoms with E-state index in [1.165, 1.54) is 11.8 Å². The van der Waals surface area contributed by atoms with Crippen LogP contribution in [-0.4, -0.2) is 26.4 Å². The highest BCUT2D eigenvalue weighted by Crippen LogP contribution is 2.34. The van der Waals surface area contributed by atoms with Gasteiger partial charge in [0.2, 0.25) is 5.91 Å². The van der Waals surface area contributed by atoms with Gasteiger partial charge in [-0.3, -0.25) is 4.79 Å². The van der Waals surface area contributed by atoms with E-state index in [0.29, 0.717) is 24.0 Å². The summed E-state index contributed by atoms with van der Waals surface area (Å²) in [5, 5.41) is 11.6. The molecule has 5 nitrogen and oxygen atoms in total. The molecule has 0 radical (unpaired) electrons. The number of alkyl halides is 3. The molecule has 0 atom stereocenters. The second-order valence-electron chi connectivity index (χ2n) is 7.59. The molecule has 0 spiro atoms. The number of rotatable bonds is 8. The molecule has 1 heterocycles. The smallest absolute Gasteiger partial charge is 0.324 e. The number of halogens is 4. The molecule has 1 aromatic heterocycles. The Morgan fingerprint density at radius 3 is 2.53 bits per heavy atom. The number of anilines is 1. The number of hydrogen-bond donors (Lipinski definition) is 1. The van der Waals surface area contributed by atoms with E-state index >= 15 is 0 Å². The molecule has 0 aliphatic carbocycles. The summed E-state index contributed by atoms with van der Waals surface area (Å²) in [7, 11) is 0. The maximum absolute atomic E-state index is 12.9. The van der Waals surface area contributed by atoms with E-state index in [1.807, 2.05) is 34.9 Å². The van der Waals surface area contributed by atoms with Crippen LogP contribution in [0.1, 0.15) is 30.8 Å². The van der Waals surface area contributed by atoms with Gasteiger partial charge in [-0.05, 0) is 29.7 Å². The van der Waals surface area contributed by atoms with E-state index in [1.54, 1.807) is 0 Å². The summed E-state index contributed by atoms with van der Waals surface area (Å²) in [6, 6.07) is 12.7. The number of aromatic nitrogens is 3. The number of carbonyl (C=O) groups excluding carboxylic acids is 1. The number of hydrogen-bond acceptors (Lipinski definition) is 4. The minimum atomic E-state index is -4.53. The first kappa shape index (κ1) is 24.1. The van der Waals surface area contributed by atoms with Crippen molar-refractivity contribution in [1.29, 1.82) is 0 Å². The van der Waals surface area contributed by atoms with Crippen molar-refractivity contribution in [3.63, 3.8) is 0 Å². The van der Waals surface area contributed by atoms with Crippen LogP contribution < -0.4 is 5.32 Å². The summed E-state index contributed by atoms with van der Waals surface area (Å²) < 4.78 is 40.8. The lowest BCUT2D eigenvalue weighted by atomic mass is 10.1. The molecule has 1 amide bonds. The zero-order chi connectivity index (χ0) is 23.3. The Labute approximate surface area is 193 Å². The van der Waals surface area contributed by atoms with Gasteiger partial charge in [0, 0.05) is 13.0 Å². The zero-order valence-corrected chi connectivity index (χ0v) is 19.1. The van der Waals surface area contributed by atoms with E-state index in [4.69, 9.17) is 11.6 Å². The second kappa shape index (κ2) is 10.4. The molecule has 32 heavy (non-hydrogen) atoms. The quantitative estimate of drug-likeness (QED) is 0.404. The highest BCUT2D eigenvalue weighted by Gasteiger charge is 2.31. The summed E-state index contributed by atoms with van der Waals surface area (Å²) in [4.78, 5) is 12.4. The first-order valence-electron chi connectivity index (χ1n) is 9.89. The SMILES string of the molecule is CC(C)Cn1c(Cc2ccccc2)nnc1SCC(=O)Nc1cc(C(F)(F)F)ccc1Cl. The van der Waals surface area contributed by atoms with Gasteiger partial charge in [0.1, 0.15) is 5.82 Å². The van der Waals surface area contributed by atoms with Crippen LogP contribution in [0.25, 0.3) is 0 Å². The van der Waals surface area contributed by atoms with Crippen molar-refractivity contribution in [1.82, 2.24) is 14.8 Å². The minimum absolute atomic E-state index is 0.0319. The van der Waals surface area contributed by atoms with Crippen LogP contribution in [0, 0.1) is 5.92 Å². The van der Waals surface area contributed by atoms with Crippen LogP contribution in [0.15, 0.2) is 53.7 Å². The zero-order valence-electron chi connectivity index (χ0n) is 17.5. The van der Waals surface area contributed by atoms with E-state index in [2.05, 4.69) is 29.4 Å². The van der Waals surface area contributed by atoms with Gasteiger partial charge >= 0.3 is 6.18 Å². The third-order valence-corrected chi connectivity index (χ3v) is 5.74. The monoisotopic (exact) mass is 482 g/mol. The molecule has 3 rings (SSSR count). The molecule has 0 saturated carbocycles. The largest absolute Gasteiger partial charge is 0.416 e. The topological polar surface area (TPSA) is 59.8 Å². The third-order valence-electron chi connectivity index (χ3n) is 4.45. The maximum atomic E-state index is 12.9. The summed E-state index contributed by atoms with van der Waals surface area (Å²) in [6.07, 6.45) is -3.92. The molecule has 0 unspecified atom stereocenters. The van der Waals surface area contributed by atoms with Gasteiger partial charge < -0.3 is 9.88 Å². The van der Waals surface area contributed by atoms with Crippen molar-refractivity contribution in [2.24, 2.45) is 5.92 Å². The second-order valence-corrected chi connectivity index (χ2v) is 8.94. The molecule has 3 aromatic rings. The first-order valence-corrected chi connectivity index (χ1v) is 11.2. The van der Waals surface area contributed by atoms with Gasteiger partial charge in [0.25, 0.3) is 0 Å². The van der Waals surface area contributed by atoms with Gasteiger partial charge in [0.15, 0.2) is 5.16 Å². The van der Waals surface area contributed by atoms with Crippen LogP contribution in [-0.2, 0) is 23.9 Å². The Balaban J connectivity index is 1.70. The number of thioether (sulfide) groups is 1. The van der Waals surface area contributed by atoms with Gasteiger partial charge in [-0.15, -0.1) is 10.2 Å². The lowest BCUT2D eigenvalue weighted by Gasteiger charge is -2.13. The standard InChI is InChI=1S/C22H22ClF3N4OS/c1-14(2)12-30-19(10-15-6-4-3-5-7-15)28-29-21(30)32-13-20(31)27-18-11-16(22(24,25)26)8-9-17(18)23/h3-9,11,14H,10,12-13H2,1-2H3,(H,27,31). The van der Waals surface area contributed by atoms with Crippen LogP contribution in [0.2, 0.25) is 5.02 Å². The molecule has 170 valence electrons. The molecule has 2 aromatic carbocycles. The van der Waals surface area contributed by atoms with Crippen molar-refractivity contribution >= 4 is 35.0 Å². The summed E-state index contributed by atoms with van der Waals surface area (Å²) in [5.74, 6) is 0.583. The van der Waals surface area contributed by atoms with Gasteiger partial charge in [-0.2, -0.15) is 13.2 Å². The molecule has 0 aliphatic rings. The minimum Gasteiger partial charge on any atom is -0.324 e. The fourth-order valence-corrected chi connectivity index (χ4v) is 3.93. The maximum Gasteiger partial charge on any atom is 0.416 e. The molecular formula is C22H22ClF3N4OS. The summed E-state index contributed by atoms with van der Waals surface area (Å²) >= 11 is 7.13. The third kappa shape index (κ3) is 6.49. The fraction of sp³-hybridized carbons (Fsp3) is 0.318. The summed E-state index contributed by atoms with van der Waals surface area (Å²) in [6.45, 7) is 4.82. The lowest BCUT2D eigenvalue weighted by Crippen LogP contribution is -2.16. The van der Waals surface area contributed by atoms with E-state index in [-0.39, 0.29) is 16.5 Å². The molecule has 0 fully saturated rings.